The minimum atomic E-state index is 0.0685. The molecule has 3 aromatic rings. The lowest BCUT2D eigenvalue weighted by atomic mass is 10.1. The second-order valence-electron chi connectivity index (χ2n) is 5.81. The van der Waals surface area contributed by atoms with Gasteiger partial charge in [-0.3, -0.25) is 4.79 Å². The van der Waals surface area contributed by atoms with Crippen molar-refractivity contribution in [1.29, 1.82) is 0 Å². The van der Waals surface area contributed by atoms with Gasteiger partial charge in [-0.15, -0.1) is 0 Å². The average Bonchev–Trinajstić information content (AvgIpc) is 2.65. The van der Waals surface area contributed by atoms with E-state index in [2.05, 4.69) is 35.6 Å². The molecule has 0 saturated heterocycles. The fraction of sp³-hybridized carbons (Fsp3) is 0.190. The van der Waals surface area contributed by atoms with Crippen molar-refractivity contribution in [1.82, 2.24) is 5.32 Å². The van der Waals surface area contributed by atoms with Crippen LogP contribution in [0.15, 0.2) is 66.7 Å². The number of methoxy groups -OCH3 is 1. The number of rotatable bonds is 6. The smallest absolute Gasteiger partial charge is 0.220 e. The van der Waals surface area contributed by atoms with E-state index in [1.807, 2.05) is 36.4 Å². The first kappa shape index (κ1) is 16.1. The van der Waals surface area contributed by atoms with Gasteiger partial charge in [-0.2, -0.15) is 0 Å². The van der Waals surface area contributed by atoms with Crippen molar-refractivity contribution in [3.05, 3.63) is 77.9 Å². The minimum absolute atomic E-state index is 0.0685. The number of carbonyl (C=O) groups is 1. The summed E-state index contributed by atoms with van der Waals surface area (Å²) in [4.78, 5) is 12.0. The van der Waals surface area contributed by atoms with E-state index in [1.165, 1.54) is 10.8 Å². The molecule has 0 heterocycles. The first-order valence-corrected chi connectivity index (χ1v) is 8.12. The van der Waals surface area contributed by atoms with Crippen LogP contribution in [0.1, 0.15) is 17.5 Å². The molecular formula is C21H21NO2. The van der Waals surface area contributed by atoms with Gasteiger partial charge < -0.3 is 10.1 Å². The topological polar surface area (TPSA) is 38.3 Å². The Bertz CT molecular complexity index is 825. The summed E-state index contributed by atoms with van der Waals surface area (Å²) in [5.74, 6) is 0.901. The Labute approximate surface area is 142 Å². The molecule has 0 aliphatic carbocycles. The van der Waals surface area contributed by atoms with E-state index in [-0.39, 0.29) is 5.91 Å². The number of hydrogen-bond donors (Lipinski definition) is 1. The monoisotopic (exact) mass is 319 g/mol. The molecular weight excluding hydrogens is 298 g/mol. The highest BCUT2D eigenvalue weighted by atomic mass is 16.5. The van der Waals surface area contributed by atoms with Crippen LogP contribution < -0.4 is 10.1 Å². The lowest BCUT2D eigenvalue weighted by molar-refractivity contribution is -0.121. The highest BCUT2D eigenvalue weighted by Gasteiger charge is 2.03. The Morgan fingerprint density at radius 2 is 1.62 bits per heavy atom. The minimum Gasteiger partial charge on any atom is -0.497 e. The van der Waals surface area contributed by atoms with Gasteiger partial charge in [0.1, 0.15) is 5.75 Å². The highest BCUT2D eigenvalue weighted by molar-refractivity contribution is 5.83. The molecule has 3 aromatic carbocycles. The molecule has 0 saturated carbocycles. The Morgan fingerprint density at radius 3 is 2.38 bits per heavy atom. The third kappa shape index (κ3) is 4.13. The van der Waals surface area contributed by atoms with Crippen LogP contribution in [0.4, 0.5) is 0 Å². The number of aryl methyl sites for hydroxylation is 1. The number of fused-ring (bicyclic) bond motifs is 1. The van der Waals surface area contributed by atoms with Gasteiger partial charge in [0, 0.05) is 13.0 Å². The highest BCUT2D eigenvalue weighted by Crippen LogP contribution is 2.16. The van der Waals surface area contributed by atoms with Gasteiger partial charge in [0.25, 0.3) is 0 Å². The standard InChI is InChI=1S/C21H21NO2/c1-24-20-11-7-16(8-12-20)9-13-21(23)22-15-17-6-10-18-4-2-3-5-19(18)14-17/h2-8,10-12,14H,9,13,15H2,1H3,(H,22,23). The molecule has 0 unspecified atom stereocenters. The van der Waals surface area contributed by atoms with Crippen LogP contribution in [0.3, 0.4) is 0 Å². The van der Waals surface area contributed by atoms with Gasteiger partial charge in [0.2, 0.25) is 5.91 Å². The van der Waals surface area contributed by atoms with Crippen molar-refractivity contribution in [3.8, 4) is 5.75 Å². The van der Waals surface area contributed by atoms with E-state index in [9.17, 15) is 4.79 Å². The maximum atomic E-state index is 12.0. The molecule has 24 heavy (non-hydrogen) atoms. The first-order chi connectivity index (χ1) is 11.7. The zero-order valence-corrected chi connectivity index (χ0v) is 13.8. The van der Waals surface area contributed by atoms with Crippen molar-refractivity contribution < 1.29 is 9.53 Å². The van der Waals surface area contributed by atoms with Gasteiger partial charge in [-0.25, -0.2) is 0 Å². The second kappa shape index (κ2) is 7.64. The molecule has 3 rings (SSSR count). The van der Waals surface area contributed by atoms with E-state index < -0.39 is 0 Å². The predicted molar refractivity (Wildman–Crippen MR) is 97.1 cm³/mol. The lowest BCUT2D eigenvalue weighted by Crippen LogP contribution is -2.22. The molecule has 0 aromatic heterocycles. The van der Waals surface area contributed by atoms with Crippen molar-refractivity contribution >= 4 is 16.7 Å². The Kier molecular flexibility index (Phi) is 5.12. The molecule has 3 heteroatoms. The van der Waals surface area contributed by atoms with Gasteiger partial charge in [-0.1, -0.05) is 48.5 Å². The molecule has 1 N–H and O–H groups in total. The predicted octanol–water partition coefficient (Wildman–Crippen LogP) is 4.10. The molecule has 122 valence electrons. The maximum absolute atomic E-state index is 12.0. The molecule has 0 fully saturated rings. The van der Waals surface area contributed by atoms with E-state index in [0.29, 0.717) is 13.0 Å². The Morgan fingerprint density at radius 1 is 0.917 bits per heavy atom. The summed E-state index contributed by atoms with van der Waals surface area (Å²) >= 11 is 0. The van der Waals surface area contributed by atoms with E-state index >= 15 is 0 Å². The summed E-state index contributed by atoms with van der Waals surface area (Å²) in [6.45, 7) is 0.562. The van der Waals surface area contributed by atoms with Crippen LogP contribution in [0.2, 0.25) is 0 Å². The zero-order chi connectivity index (χ0) is 16.8. The van der Waals surface area contributed by atoms with Gasteiger partial charge in [0.15, 0.2) is 0 Å². The molecule has 0 radical (unpaired) electrons. The average molecular weight is 319 g/mol. The van der Waals surface area contributed by atoms with Crippen LogP contribution >= 0.6 is 0 Å². The van der Waals surface area contributed by atoms with Crippen LogP contribution in [-0.2, 0) is 17.8 Å². The van der Waals surface area contributed by atoms with Gasteiger partial charge in [-0.05, 0) is 46.5 Å². The fourth-order valence-corrected chi connectivity index (χ4v) is 2.69. The number of nitrogens with one attached hydrogen (secondary N) is 1. The fourth-order valence-electron chi connectivity index (χ4n) is 2.69. The molecule has 1 amide bonds. The zero-order valence-electron chi connectivity index (χ0n) is 13.8. The largest absolute Gasteiger partial charge is 0.497 e. The molecule has 0 atom stereocenters. The number of carbonyl (C=O) groups excluding carboxylic acids is 1. The third-order valence-corrected chi connectivity index (χ3v) is 4.10. The molecule has 0 spiro atoms. The summed E-state index contributed by atoms with van der Waals surface area (Å²) < 4.78 is 5.13. The molecule has 0 bridgehead atoms. The number of hydrogen-bond acceptors (Lipinski definition) is 2. The molecule has 0 aliphatic rings. The van der Waals surface area contributed by atoms with E-state index in [4.69, 9.17) is 4.74 Å². The van der Waals surface area contributed by atoms with E-state index in [0.717, 1.165) is 23.3 Å². The van der Waals surface area contributed by atoms with Crippen LogP contribution in [0.25, 0.3) is 10.8 Å². The Balaban J connectivity index is 1.50. The van der Waals surface area contributed by atoms with Crippen LogP contribution in [-0.4, -0.2) is 13.0 Å². The Hall–Kier alpha value is -2.81. The quantitative estimate of drug-likeness (QED) is 0.743. The van der Waals surface area contributed by atoms with Crippen LogP contribution in [0.5, 0.6) is 5.75 Å². The number of ether oxygens (including phenoxy) is 1. The van der Waals surface area contributed by atoms with Gasteiger partial charge >= 0.3 is 0 Å². The van der Waals surface area contributed by atoms with Crippen molar-refractivity contribution in [2.45, 2.75) is 19.4 Å². The summed E-state index contributed by atoms with van der Waals surface area (Å²) in [6, 6.07) is 22.3. The normalized spacial score (nSPS) is 10.5. The van der Waals surface area contributed by atoms with Gasteiger partial charge in [0.05, 0.1) is 7.11 Å². The number of benzene rings is 3. The summed E-state index contributed by atoms with van der Waals surface area (Å²) in [6.07, 6.45) is 1.22. The lowest BCUT2D eigenvalue weighted by Gasteiger charge is -2.07. The van der Waals surface area contributed by atoms with Crippen molar-refractivity contribution in [2.75, 3.05) is 7.11 Å². The summed E-state index contributed by atoms with van der Waals surface area (Å²) in [5, 5.41) is 5.40. The second-order valence-corrected chi connectivity index (χ2v) is 5.81. The molecule has 0 aliphatic heterocycles. The SMILES string of the molecule is COc1ccc(CCC(=O)NCc2ccc3ccccc3c2)cc1. The summed E-state index contributed by atoms with van der Waals surface area (Å²) in [5.41, 5.74) is 2.25. The third-order valence-electron chi connectivity index (χ3n) is 4.10. The maximum Gasteiger partial charge on any atom is 0.220 e. The summed E-state index contributed by atoms with van der Waals surface area (Å²) in [7, 11) is 1.65. The van der Waals surface area contributed by atoms with Crippen LogP contribution in [0, 0.1) is 0 Å². The van der Waals surface area contributed by atoms with E-state index in [1.54, 1.807) is 7.11 Å². The first-order valence-electron chi connectivity index (χ1n) is 8.12. The van der Waals surface area contributed by atoms with Crippen molar-refractivity contribution in [2.24, 2.45) is 0 Å². The molecule has 3 nitrogen and oxygen atoms in total. The number of amides is 1. The van der Waals surface area contributed by atoms with Crippen molar-refractivity contribution in [3.63, 3.8) is 0 Å².